The third kappa shape index (κ3) is 1.64. The van der Waals surface area contributed by atoms with E-state index in [1.54, 1.807) is 12.3 Å². The summed E-state index contributed by atoms with van der Waals surface area (Å²) in [7, 11) is 0. The van der Waals surface area contributed by atoms with E-state index in [0.29, 0.717) is 18.8 Å². The molecule has 0 aromatic carbocycles. The number of hydrogen-bond donors (Lipinski definition) is 0. The summed E-state index contributed by atoms with van der Waals surface area (Å²) >= 11 is 0. The summed E-state index contributed by atoms with van der Waals surface area (Å²) < 4.78 is 18.6. The molecule has 1 aromatic rings. The van der Waals surface area contributed by atoms with Crippen LogP contribution < -0.4 is 0 Å². The molecule has 1 aromatic heterocycles. The number of halogens is 1. The SMILES string of the molecule is CC(C)c1cc(F)c(C2COC2)cn1. The third-order valence-electron chi connectivity index (χ3n) is 2.57. The van der Waals surface area contributed by atoms with Crippen LogP contribution in [0, 0.1) is 5.82 Å². The highest BCUT2D eigenvalue weighted by Gasteiger charge is 2.24. The van der Waals surface area contributed by atoms with Crippen LogP contribution in [0.25, 0.3) is 0 Å². The fraction of sp³-hybridized carbons (Fsp3) is 0.545. The average molecular weight is 195 g/mol. The zero-order valence-electron chi connectivity index (χ0n) is 8.46. The van der Waals surface area contributed by atoms with Crippen molar-refractivity contribution in [2.75, 3.05) is 13.2 Å². The normalized spacial score (nSPS) is 17.1. The Morgan fingerprint density at radius 1 is 1.50 bits per heavy atom. The largest absolute Gasteiger partial charge is 0.380 e. The predicted molar refractivity (Wildman–Crippen MR) is 51.8 cm³/mol. The van der Waals surface area contributed by atoms with Crippen LogP contribution in [-0.4, -0.2) is 18.2 Å². The van der Waals surface area contributed by atoms with E-state index in [-0.39, 0.29) is 17.7 Å². The fourth-order valence-electron chi connectivity index (χ4n) is 1.49. The highest BCUT2D eigenvalue weighted by molar-refractivity contribution is 5.23. The molecule has 76 valence electrons. The van der Waals surface area contributed by atoms with Gasteiger partial charge in [0.25, 0.3) is 0 Å². The van der Waals surface area contributed by atoms with Gasteiger partial charge >= 0.3 is 0 Å². The summed E-state index contributed by atoms with van der Waals surface area (Å²) in [6.45, 7) is 5.26. The molecular weight excluding hydrogens is 181 g/mol. The van der Waals surface area contributed by atoms with E-state index in [1.807, 2.05) is 13.8 Å². The van der Waals surface area contributed by atoms with E-state index < -0.39 is 0 Å². The van der Waals surface area contributed by atoms with Crippen LogP contribution in [0.4, 0.5) is 4.39 Å². The van der Waals surface area contributed by atoms with Gasteiger partial charge in [0.15, 0.2) is 0 Å². The second kappa shape index (κ2) is 3.65. The fourth-order valence-corrected chi connectivity index (χ4v) is 1.49. The highest BCUT2D eigenvalue weighted by Crippen LogP contribution is 2.26. The molecule has 0 saturated carbocycles. The highest BCUT2D eigenvalue weighted by atomic mass is 19.1. The second-order valence-corrected chi connectivity index (χ2v) is 4.02. The van der Waals surface area contributed by atoms with E-state index in [2.05, 4.69) is 4.98 Å². The standard InChI is InChI=1S/C11H14FNO/c1-7(2)11-3-10(12)9(4-13-11)8-5-14-6-8/h3-4,7-8H,5-6H2,1-2H3. The van der Waals surface area contributed by atoms with Gasteiger partial charge in [0, 0.05) is 23.4 Å². The minimum absolute atomic E-state index is 0.142. The van der Waals surface area contributed by atoms with E-state index >= 15 is 0 Å². The second-order valence-electron chi connectivity index (χ2n) is 4.02. The molecule has 0 amide bonds. The number of rotatable bonds is 2. The van der Waals surface area contributed by atoms with Crippen molar-refractivity contribution in [2.24, 2.45) is 0 Å². The minimum atomic E-state index is -0.142. The Balaban J connectivity index is 2.26. The van der Waals surface area contributed by atoms with Crippen LogP contribution >= 0.6 is 0 Å². The molecule has 0 unspecified atom stereocenters. The summed E-state index contributed by atoms with van der Waals surface area (Å²) in [5.41, 5.74) is 1.51. The Morgan fingerprint density at radius 2 is 2.21 bits per heavy atom. The molecule has 0 spiro atoms. The van der Waals surface area contributed by atoms with E-state index in [0.717, 1.165) is 5.69 Å². The monoisotopic (exact) mass is 195 g/mol. The molecule has 2 heterocycles. The van der Waals surface area contributed by atoms with E-state index in [4.69, 9.17) is 4.74 Å². The Kier molecular flexibility index (Phi) is 2.50. The third-order valence-corrected chi connectivity index (χ3v) is 2.57. The van der Waals surface area contributed by atoms with Crippen LogP contribution in [0.3, 0.4) is 0 Å². The molecule has 0 atom stereocenters. The number of nitrogens with zero attached hydrogens (tertiary/aromatic N) is 1. The number of aromatic nitrogens is 1. The number of hydrogen-bond acceptors (Lipinski definition) is 2. The van der Waals surface area contributed by atoms with Gasteiger partial charge in [-0.2, -0.15) is 0 Å². The van der Waals surface area contributed by atoms with Gasteiger partial charge in [-0.1, -0.05) is 13.8 Å². The summed E-state index contributed by atoms with van der Waals surface area (Å²) in [5, 5.41) is 0. The van der Waals surface area contributed by atoms with Crippen molar-refractivity contribution in [3.63, 3.8) is 0 Å². The topological polar surface area (TPSA) is 22.1 Å². The Hall–Kier alpha value is -0.960. The van der Waals surface area contributed by atoms with E-state index in [9.17, 15) is 4.39 Å². The lowest BCUT2D eigenvalue weighted by molar-refractivity contribution is 0.00686. The Morgan fingerprint density at radius 3 is 2.64 bits per heavy atom. The van der Waals surface area contributed by atoms with Crippen molar-refractivity contribution in [1.29, 1.82) is 0 Å². The van der Waals surface area contributed by atoms with Crippen molar-refractivity contribution in [3.05, 3.63) is 29.3 Å². The van der Waals surface area contributed by atoms with Gasteiger partial charge in [0.1, 0.15) is 5.82 Å². The van der Waals surface area contributed by atoms with Crippen LogP contribution in [-0.2, 0) is 4.74 Å². The molecule has 0 bridgehead atoms. The molecule has 1 fully saturated rings. The number of ether oxygens (including phenoxy) is 1. The van der Waals surface area contributed by atoms with Crippen molar-refractivity contribution >= 4 is 0 Å². The molecule has 0 aliphatic carbocycles. The zero-order valence-corrected chi connectivity index (χ0v) is 8.46. The molecule has 2 nitrogen and oxygen atoms in total. The molecule has 0 N–H and O–H groups in total. The van der Waals surface area contributed by atoms with Gasteiger partial charge in [0.05, 0.1) is 13.2 Å². The Bertz CT molecular complexity index is 334. The summed E-state index contributed by atoms with van der Waals surface area (Å²) in [5.74, 6) is 0.344. The molecule has 1 aliphatic heterocycles. The van der Waals surface area contributed by atoms with Gasteiger partial charge < -0.3 is 4.74 Å². The van der Waals surface area contributed by atoms with Crippen LogP contribution in [0.2, 0.25) is 0 Å². The molecule has 3 heteroatoms. The first-order chi connectivity index (χ1) is 6.68. The van der Waals surface area contributed by atoms with Gasteiger partial charge in [-0.05, 0) is 12.0 Å². The van der Waals surface area contributed by atoms with Gasteiger partial charge in [-0.3, -0.25) is 4.98 Å². The maximum Gasteiger partial charge on any atom is 0.130 e. The quantitative estimate of drug-likeness (QED) is 0.723. The lowest BCUT2D eigenvalue weighted by atomic mass is 9.97. The first kappa shape index (κ1) is 9.59. The van der Waals surface area contributed by atoms with Crippen LogP contribution in [0.5, 0.6) is 0 Å². The van der Waals surface area contributed by atoms with Crippen molar-refractivity contribution in [3.8, 4) is 0 Å². The molecule has 2 rings (SSSR count). The smallest absolute Gasteiger partial charge is 0.130 e. The Labute approximate surface area is 83.1 Å². The maximum atomic E-state index is 13.6. The first-order valence-electron chi connectivity index (χ1n) is 4.91. The molecule has 1 saturated heterocycles. The lowest BCUT2D eigenvalue weighted by Crippen LogP contribution is -2.26. The molecular formula is C11H14FNO. The summed E-state index contributed by atoms with van der Waals surface area (Å²) in [6.07, 6.45) is 1.65. The van der Waals surface area contributed by atoms with Crippen molar-refractivity contribution in [1.82, 2.24) is 4.98 Å². The van der Waals surface area contributed by atoms with Gasteiger partial charge in [-0.25, -0.2) is 4.39 Å². The van der Waals surface area contributed by atoms with Crippen LogP contribution in [0.15, 0.2) is 12.3 Å². The maximum absolute atomic E-state index is 13.6. The summed E-state index contributed by atoms with van der Waals surface area (Å²) in [4.78, 5) is 4.25. The molecule has 0 radical (unpaired) electrons. The van der Waals surface area contributed by atoms with Gasteiger partial charge in [0.2, 0.25) is 0 Å². The van der Waals surface area contributed by atoms with Crippen LogP contribution in [0.1, 0.15) is 36.9 Å². The van der Waals surface area contributed by atoms with E-state index in [1.165, 1.54) is 0 Å². The first-order valence-corrected chi connectivity index (χ1v) is 4.91. The summed E-state index contributed by atoms with van der Waals surface area (Å²) in [6, 6.07) is 1.54. The zero-order chi connectivity index (χ0) is 10.1. The lowest BCUT2D eigenvalue weighted by Gasteiger charge is -2.26. The number of pyridine rings is 1. The average Bonchev–Trinajstić information content (AvgIpc) is 2.04. The van der Waals surface area contributed by atoms with Gasteiger partial charge in [-0.15, -0.1) is 0 Å². The minimum Gasteiger partial charge on any atom is -0.380 e. The molecule has 1 aliphatic rings. The van der Waals surface area contributed by atoms with Crippen molar-refractivity contribution in [2.45, 2.75) is 25.7 Å². The predicted octanol–water partition coefficient (Wildman–Crippen LogP) is 2.46. The van der Waals surface area contributed by atoms with Crippen molar-refractivity contribution < 1.29 is 9.13 Å². The molecule has 14 heavy (non-hydrogen) atoms.